The number of nitrogens with one attached hydrogen (secondary N) is 2. The summed E-state index contributed by atoms with van der Waals surface area (Å²) in [5.74, 6) is -5.78. The molecule has 0 atom stereocenters. The predicted octanol–water partition coefficient (Wildman–Crippen LogP) is 4.20. The summed E-state index contributed by atoms with van der Waals surface area (Å²) in [5, 5.41) is 6.28. The van der Waals surface area contributed by atoms with E-state index < -0.39 is 41.5 Å². The molecule has 0 fully saturated rings. The van der Waals surface area contributed by atoms with Gasteiger partial charge in [0.25, 0.3) is 5.91 Å². The lowest BCUT2D eigenvalue weighted by molar-refractivity contribution is -0.115. The molecule has 0 radical (unpaired) electrons. The normalized spacial score (nSPS) is 10.5. The number of hydrogen-bond acceptors (Lipinski definition) is 3. The number of benzene rings is 2. The van der Waals surface area contributed by atoms with Gasteiger partial charge in [-0.3, -0.25) is 9.59 Å². The van der Waals surface area contributed by atoms with Gasteiger partial charge in [-0.05, 0) is 29.1 Å². The summed E-state index contributed by atoms with van der Waals surface area (Å²) in [6, 6.07) is 12.7. The molecule has 8 heteroatoms. The zero-order valence-electron chi connectivity index (χ0n) is 13.8. The summed E-state index contributed by atoms with van der Waals surface area (Å²) in [4.78, 5) is 24.7. The maximum absolute atomic E-state index is 13.6. The van der Waals surface area contributed by atoms with E-state index in [-0.39, 0.29) is 0 Å². The van der Waals surface area contributed by atoms with E-state index in [1.807, 2.05) is 30.3 Å². The Balaban J connectivity index is 1.64. The highest BCUT2D eigenvalue weighted by molar-refractivity contribution is 7.12. The topological polar surface area (TPSA) is 58.2 Å². The van der Waals surface area contributed by atoms with Gasteiger partial charge in [-0.2, -0.15) is 0 Å². The molecular weight excluding hydrogens is 377 g/mol. The van der Waals surface area contributed by atoms with Crippen molar-refractivity contribution in [1.82, 2.24) is 5.32 Å². The molecule has 0 saturated carbocycles. The molecule has 0 aliphatic carbocycles. The Labute approximate surface area is 156 Å². The second-order valence-electron chi connectivity index (χ2n) is 5.48. The van der Waals surface area contributed by atoms with Gasteiger partial charge in [-0.1, -0.05) is 30.3 Å². The quantitative estimate of drug-likeness (QED) is 0.642. The zero-order chi connectivity index (χ0) is 19.4. The van der Waals surface area contributed by atoms with Crippen LogP contribution < -0.4 is 10.6 Å². The van der Waals surface area contributed by atoms with Crippen LogP contribution in [0.15, 0.2) is 53.9 Å². The van der Waals surface area contributed by atoms with Crippen LogP contribution in [0.4, 0.5) is 18.9 Å². The second-order valence-corrected chi connectivity index (χ2v) is 6.40. The van der Waals surface area contributed by atoms with Gasteiger partial charge in [0.05, 0.1) is 17.1 Å². The molecular formula is C19H13F3N2O2S. The van der Waals surface area contributed by atoms with Crippen LogP contribution in [0.2, 0.25) is 0 Å². The summed E-state index contributed by atoms with van der Waals surface area (Å²) < 4.78 is 39.6. The van der Waals surface area contributed by atoms with Crippen molar-refractivity contribution in [2.24, 2.45) is 0 Å². The van der Waals surface area contributed by atoms with Crippen LogP contribution in [-0.2, 0) is 4.79 Å². The summed E-state index contributed by atoms with van der Waals surface area (Å²) in [6.45, 7) is -0.455. The Morgan fingerprint density at radius 1 is 0.926 bits per heavy atom. The van der Waals surface area contributed by atoms with E-state index in [9.17, 15) is 22.8 Å². The van der Waals surface area contributed by atoms with Gasteiger partial charge in [0, 0.05) is 5.56 Å². The van der Waals surface area contributed by atoms with E-state index in [2.05, 4.69) is 10.6 Å². The van der Waals surface area contributed by atoms with Crippen molar-refractivity contribution in [2.45, 2.75) is 0 Å². The number of anilines is 1. The van der Waals surface area contributed by atoms with Crippen molar-refractivity contribution in [3.8, 4) is 11.1 Å². The zero-order valence-corrected chi connectivity index (χ0v) is 14.6. The lowest BCUT2D eigenvalue weighted by Crippen LogP contribution is -2.33. The fourth-order valence-electron chi connectivity index (χ4n) is 2.39. The number of thiophene rings is 1. The Hall–Kier alpha value is -3.13. The van der Waals surface area contributed by atoms with Crippen molar-refractivity contribution in [1.29, 1.82) is 0 Å². The molecule has 0 aliphatic rings. The number of hydrogen-bond donors (Lipinski definition) is 2. The molecule has 0 unspecified atom stereocenters. The van der Waals surface area contributed by atoms with E-state index >= 15 is 0 Å². The number of carbonyl (C=O) groups excluding carboxylic acids is 2. The van der Waals surface area contributed by atoms with Gasteiger partial charge in [-0.15, -0.1) is 11.3 Å². The molecule has 2 amide bonds. The Bertz CT molecular complexity index is 990. The van der Waals surface area contributed by atoms with Crippen LogP contribution in [0.5, 0.6) is 0 Å². The van der Waals surface area contributed by atoms with Crippen LogP contribution in [0.25, 0.3) is 11.1 Å². The summed E-state index contributed by atoms with van der Waals surface area (Å²) in [7, 11) is 0. The van der Waals surface area contributed by atoms with E-state index in [0.29, 0.717) is 10.9 Å². The van der Waals surface area contributed by atoms with Crippen LogP contribution >= 0.6 is 11.3 Å². The number of rotatable bonds is 5. The highest BCUT2D eigenvalue weighted by atomic mass is 32.1. The van der Waals surface area contributed by atoms with Gasteiger partial charge in [-0.25, -0.2) is 13.2 Å². The largest absolute Gasteiger partial charge is 0.342 e. The average Bonchev–Trinajstić information content (AvgIpc) is 3.17. The molecule has 3 rings (SSSR count). The second kappa shape index (κ2) is 8.05. The number of halogens is 3. The predicted molar refractivity (Wildman–Crippen MR) is 97.0 cm³/mol. The van der Waals surface area contributed by atoms with Crippen LogP contribution in [0, 0.1) is 17.5 Å². The number of amides is 2. The molecule has 2 aromatic carbocycles. The van der Waals surface area contributed by atoms with Gasteiger partial charge in [0.2, 0.25) is 5.91 Å². The Kier molecular flexibility index (Phi) is 5.56. The fraction of sp³-hybridized carbons (Fsp3) is 0.0526. The first-order valence-corrected chi connectivity index (χ1v) is 8.70. The molecule has 2 N–H and O–H groups in total. The van der Waals surface area contributed by atoms with Crippen molar-refractivity contribution in [3.05, 3.63) is 76.2 Å². The third-order valence-corrected chi connectivity index (χ3v) is 4.59. The average molecular weight is 390 g/mol. The molecule has 0 bridgehead atoms. The summed E-state index contributed by atoms with van der Waals surface area (Å²) in [6.07, 6.45) is 0. The van der Waals surface area contributed by atoms with Crippen LogP contribution in [0.3, 0.4) is 0 Å². The minimum atomic E-state index is -1.68. The van der Waals surface area contributed by atoms with Gasteiger partial charge in [0.15, 0.2) is 17.5 Å². The standard InChI is InChI=1S/C19H13F3N2O2S/c20-13-6-7-14(17(22)16(13)21)24-15(25)10-23-19(26)18-12(8-9-27-18)11-4-2-1-3-5-11/h1-9H,10H2,(H,23,26)(H,24,25). The maximum Gasteiger partial charge on any atom is 0.262 e. The van der Waals surface area contributed by atoms with Crippen molar-refractivity contribution >= 4 is 28.8 Å². The maximum atomic E-state index is 13.6. The lowest BCUT2D eigenvalue weighted by atomic mass is 10.1. The van der Waals surface area contributed by atoms with E-state index in [1.165, 1.54) is 11.3 Å². The molecule has 138 valence electrons. The summed E-state index contributed by atoms with van der Waals surface area (Å²) >= 11 is 1.22. The monoisotopic (exact) mass is 390 g/mol. The minimum absolute atomic E-state index is 0.424. The first-order valence-electron chi connectivity index (χ1n) is 7.82. The number of carbonyl (C=O) groups is 2. The van der Waals surface area contributed by atoms with Gasteiger partial charge in [0.1, 0.15) is 0 Å². The van der Waals surface area contributed by atoms with Gasteiger partial charge >= 0.3 is 0 Å². The highest BCUT2D eigenvalue weighted by Gasteiger charge is 2.17. The molecule has 0 spiro atoms. The van der Waals surface area contributed by atoms with E-state index in [0.717, 1.165) is 17.2 Å². The smallest absolute Gasteiger partial charge is 0.262 e. The molecule has 1 heterocycles. The lowest BCUT2D eigenvalue weighted by Gasteiger charge is -2.09. The first kappa shape index (κ1) is 18.7. The molecule has 1 aromatic heterocycles. The van der Waals surface area contributed by atoms with Gasteiger partial charge < -0.3 is 10.6 Å². The van der Waals surface area contributed by atoms with Crippen molar-refractivity contribution in [2.75, 3.05) is 11.9 Å². The van der Waals surface area contributed by atoms with Crippen molar-refractivity contribution < 1.29 is 22.8 Å². The first-order chi connectivity index (χ1) is 13.0. The SMILES string of the molecule is O=C(CNC(=O)c1sccc1-c1ccccc1)Nc1ccc(F)c(F)c1F. The molecule has 0 aliphatic heterocycles. The Morgan fingerprint density at radius 3 is 2.41 bits per heavy atom. The van der Waals surface area contributed by atoms with Crippen molar-refractivity contribution in [3.63, 3.8) is 0 Å². The Morgan fingerprint density at radius 2 is 1.67 bits per heavy atom. The molecule has 4 nitrogen and oxygen atoms in total. The van der Waals surface area contributed by atoms with Crippen LogP contribution in [0.1, 0.15) is 9.67 Å². The summed E-state index contributed by atoms with van der Waals surface area (Å²) in [5.41, 5.74) is 1.08. The van der Waals surface area contributed by atoms with Crippen LogP contribution in [-0.4, -0.2) is 18.4 Å². The third kappa shape index (κ3) is 4.17. The van der Waals surface area contributed by atoms with E-state index in [4.69, 9.17) is 0 Å². The molecule has 0 saturated heterocycles. The third-order valence-electron chi connectivity index (χ3n) is 3.68. The fourth-order valence-corrected chi connectivity index (χ4v) is 3.22. The molecule has 27 heavy (non-hydrogen) atoms. The van der Waals surface area contributed by atoms with E-state index in [1.54, 1.807) is 11.4 Å². The highest BCUT2D eigenvalue weighted by Crippen LogP contribution is 2.28. The molecule has 3 aromatic rings. The minimum Gasteiger partial charge on any atom is -0.342 e.